The van der Waals surface area contributed by atoms with Crippen LogP contribution in [-0.2, 0) is 19.4 Å². The van der Waals surface area contributed by atoms with Gasteiger partial charge in [0, 0.05) is 11.9 Å². The molecule has 0 unspecified atom stereocenters. The van der Waals surface area contributed by atoms with Crippen LogP contribution in [0.25, 0.3) is 0 Å². The van der Waals surface area contributed by atoms with Gasteiger partial charge in [0.1, 0.15) is 0 Å². The Morgan fingerprint density at radius 1 is 1.17 bits per heavy atom. The summed E-state index contributed by atoms with van der Waals surface area (Å²) in [5, 5.41) is 5.71. The summed E-state index contributed by atoms with van der Waals surface area (Å²) in [6.07, 6.45) is 1.56. The number of halogens is 1. The largest absolute Gasteiger partial charge is 0.465 e. The first kappa shape index (κ1) is 20.4. The predicted octanol–water partition coefficient (Wildman–Crippen LogP) is 1.00. The van der Waals surface area contributed by atoms with Gasteiger partial charge in [0.15, 0.2) is 14.6 Å². The van der Waals surface area contributed by atoms with Crippen molar-refractivity contribution in [2.45, 2.75) is 17.6 Å². The number of amides is 1. The quantitative estimate of drug-likeness (QED) is 0.760. The van der Waals surface area contributed by atoms with Gasteiger partial charge in [-0.05, 0) is 50.2 Å². The Kier molecular flexibility index (Phi) is 6.76. The lowest BCUT2D eigenvalue weighted by Crippen LogP contribution is -2.55. The summed E-state index contributed by atoms with van der Waals surface area (Å²) in [5.74, 6) is -1.01. The van der Waals surface area contributed by atoms with E-state index in [9.17, 15) is 18.0 Å². The summed E-state index contributed by atoms with van der Waals surface area (Å²) in [4.78, 5) is 24.0. The third kappa shape index (κ3) is 4.06. The van der Waals surface area contributed by atoms with Crippen LogP contribution in [0.4, 0.5) is 5.69 Å². The second-order valence-corrected chi connectivity index (χ2v) is 7.87. The van der Waals surface area contributed by atoms with E-state index in [-0.39, 0.29) is 25.2 Å². The van der Waals surface area contributed by atoms with Crippen molar-refractivity contribution in [3.63, 3.8) is 0 Å². The number of piperidine rings is 1. The van der Waals surface area contributed by atoms with E-state index in [0.717, 1.165) is 6.26 Å². The van der Waals surface area contributed by atoms with Gasteiger partial charge in [0.2, 0.25) is 5.91 Å². The van der Waals surface area contributed by atoms with Crippen molar-refractivity contribution >= 4 is 39.8 Å². The van der Waals surface area contributed by atoms with E-state index in [0.29, 0.717) is 24.3 Å². The van der Waals surface area contributed by atoms with Gasteiger partial charge in [-0.2, -0.15) is 0 Å². The van der Waals surface area contributed by atoms with Crippen LogP contribution in [0.2, 0.25) is 0 Å². The lowest BCUT2D eigenvalue weighted by Gasteiger charge is -2.34. The SMILES string of the molecule is COC(=O)c1ccc(NC(=O)C2(S(C)(=O)=O)CCNCC2)cc1.Cl. The van der Waals surface area contributed by atoms with Crippen molar-refractivity contribution in [2.24, 2.45) is 0 Å². The number of carbonyl (C=O) groups is 2. The van der Waals surface area contributed by atoms with E-state index in [4.69, 9.17) is 0 Å². The van der Waals surface area contributed by atoms with Crippen LogP contribution >= 0.6 is 12.4 Å². The number of hydrogen-bond acceptors (Lipinski definition) is 6. The molecular weight excluding hydrogens is 356 g/mol. The van der Waals surface area contributed by atoms with Crippen LogP contribution in [0.3, 0.4) is 0 Å². The van der Waals surface area contributed by atoms with Crippen LogP contribution in [0, 0.1) is 0 Å². The zero-order valence-corrected chi connectivity index (χ0v) is 15.1. The number of hydrogen-bond donors (Lipinski definition) is 2. The second-order valence-electron chi connectivity index (χ2n) is 5.54. The van der Waals surface area contributed by atoms with Gasteiger partial charge in [-0.15, -0.1) is 12.4 Å². The van der Waals surface area contributed by atoms with Gasteiger partial charge in [0.05, 0.1) is 12.7 Å². The van der Waals surface area contributed by atoms with Crippen LogP contribution in [0.1, 0.15) is 23.2 Å². The fraction of sp³-hybridized carbons (Fsp3) is 0.467. The summed E-state index contributed by atoms with van der Waals surface area (Å²) >= 11 is 0. The molecule has 24 heavy (non-hydrogen) atoms. The second kappa shape index (κ2) is 7.96. The topological polar surface area (TPSA) is 102 Å². The van der Waals surface area contributed by atoms with E-state index in [1.807, 2.05) is 0 Å². The molecule has 1 saturated heterocycles. The molecule has 1 aliphatic rings. The van der Waals surface area contributed by atoms with Gasteiger partial charge >= 0.3 is 5.97 Å². The normalized spacial score (nSPS) is 16.6. The molecule has 0 saturated carbocycles. The van der Waals surface area contributed by atoms with Crippen molar-refractivity contribution in [1.29, 1.82) is 0 Å². The standard InChI is InChI=1S/C15H20N2O5S.ClH/c1-22-13(18)11-3-5-12(6-4-11)17-14(19)15(23(2,20)21)7-9-16-10-8-15;/h3-6,16H,7-10H2,1-2H3,(H,17,19);1H. The van der Waals surface area contributed by atoms with E-state index >= 15 is 0 Å². The van der Waals surface area contributed by atoms with Gasteiger partial charge in [-0.1, -0.05) is 0 Å². The molecule has 0 bridgehead atoms. The van der Waals surface area contributed by atoms with Crippen molar-refractivity contribution in [3.8, 4) is 0 Å². The minimum absolute atomic E-state index is 0. The maximum absolute atomic E-state index is 12.6. The molecule has 0 aliphatic carbocycles. The summed E-state index contributed by atoms with van der Waals surface area (Å²) < 4.78 is 27.5. The maximum atomic E-state index is 12.6. The molecule has 1 aromatic rings. The fourth-order valence-corrected chi connectivity index (χ4v) is 3.98. The Morgan fingerprint density at radius 2 is 1.71 bits per heavy atom. The molecule has 2 rings (SSSR count). The lowest BCUT2D eigenvalue weighted by atomic mass is 9.95. The number of sulfone groups is 1. The highest BCUT2D eigenvalue weighted by Gasteiger charge is 2.48. The molecule has 1 amide bonds. The van der Waals surface area contributed by atoms with Crippen molar-refractivity contribution in [1.82, 2.24) is 5.32 Å². The molecule has 1 aliphatic heterocycles. The number of benzene rings is 1. The number of rotatable bonds is 4. The Morgan fingerprint density at radius 3 is 2.17 bits per heavy atom. The molecule has 0 radical (unpaired) electrons. The fourth-order valence-electron chi connectivity index (χ4n) is 2.65. The van der Waals surface area contributed by atoms with Gasteiger partial charge in [-0.3, -0.25) is 4.79 Å². The van der Waals surface area contributed by atoms with E-state index in [1.165, 1.54) is 19.2 Å². The highest BCUT2D eigenvalue weighted by molar-refractivity contribution is 7.92. The smallest absolute Gasteiger partial charge is 0.337 e. The molecule has 9 heteroatoms. The van der Waals surface area contributed by atoms with E-state index in [1.54, 1.807) is 12.1 Å². The molecule has 1 heterocycles. The third-order valence-electron chi connectivity index (χ3n) is 4.10. The molecular formula is C15H21ClN2O5S. The Bertz CT molecular complexity index is 697. The molecule has 134 valence electrons. The molecule has 1 aromatic carbocycles. The molecule has 7 nitrogen and oxygen atoms in total. The monoisotopic (exact) mass is 376 g/mol. The van der Waals surface area contributed by atoms with Crippen LogP contribution in [0.15, 0.2) is 24.3 Å². The number of nitrogens with one attached hydrogen (secondary N) is 2. The Balaban J connectivity index is 0.00000288. The minimum Gasteiger partial charge on any atom is -0.465 e. The average Bonchev–Trinajstić information content (AvgIpc) is 2.54. The molecule has 2 N–H and O–H groups in total. The van der Waals surface area contributed by atoms with Crippen molar-refractivity contribution < 1.29 is 22.7 Å². The Labute approximate surface area is 147 Å². The number of anilines is 1. The predicted molar refractivity (Wildman–Crippen MR) is 93.3 cm³/mol. The van der Waals surface area contributed by atoms with Crippen molar-refractivity contribution in [3.05, 3.63) is 29.8 Å². The average molecular weight is 377 g/mol. The molecule has 1 fully saturated rings. The Hall–Kier alpha value is -1.64. The van der Waals surface area contributed by atoms with Crippen LogP contribution in [-0.4, -0.2) is 51.5 Å². The first-order chi connectivity index (χ1) is 10.8. The zero-order valence-electron chi connectivity index (χ0n) is 13.5. The number of ether oxygens (including phenoxy) is 1. The lowest BCUT2D eigenvalue weighted by molar-refractivity contribution is -0.119. The molecule has 0 aromatic heterocycles. The maximum Gasteiger partial charge on any atom is 0.337 e. The summed E-state index contributed by atoms with van der Waals surface area (Å²) in [7, 11) is -2.28. The van der Waals surface area contributed by atoms with Gasteiger partial charge in [0.25, 0.3) is 0 Å². The first-order valence-electron chi connectivity index (χ1n) is 7.20. The number of methoxy groups -OCH3 is 1. The summed E-state index contributed by atoms with van der Waals surface area (Å²) in [5.41, 5.74) is 0.786. The summed E-state index contributed by atoms with van der Waals surface area (Å²) in [6, 6.07) is 6.11. The highest BCUT2D eigenvalue weighted by atomic mass is 35.5. The van der Waals surface area contributed by atoms with E-state index in [2.05, 4.69) is 15.4 Å². The number of esters is 1. The first-order valence-corrected chi connectivity index (χ1v) is 9.09. The third-order valence-corrected chi connectivity index (χ3v) is 6.11. The van der Waals surface area contributed by atoms with Gasteiger partial charge in [-0.25, -0.2) is 13.2 Å². The number of carbonyl (C=O) groups excluding carboxylic acids is 2. The van der Waals surface area contributed by atoms with Crippen LogP contribution < -0.4 is 10.6 Å². The van der Waals surface area contributed by atoms with Crippen LogP contribution in [0.5, 0.6) is 0 Å². The minimum atomic E-state index is -3.56. The van der Waals surface area contributed by atoms with Crippen molar-refractivity contribution in [2.75, 3.05) is 31.8 Å². The van der Waals surface area contributed by atoms with E-state index < -0.39 is 26.5 Å². The highest BCUT2D eigenvalue weighted by Crippen LogP contribution is 2.29. The summed E-state index contributed by atoms with van der Waals surface area (Å²) in [6.45, 7) is 0.948. The molecule has 0 spiro atoms. The van der Waals surface area contributed by atoms with Gasteiger partial charge < -0.3 is 15.4 Å². The molecule has 0 atom stereocenters. The zero-order chi connectivity index (χ0) is 17.1.